The maximum Gasteiger partial charge on any atom is 0.418 e. The lowest BCUT2D eigenvalue weighted by Gasteiger charge is -2.36. The molecule has 0 saturated heterocycles. The summed E-state index contributed by atoms with van der Waals surface area (Å²) in [6.07, 6.45) is -3.32. The number of aliphatic hydroxyl groups is 1. The van der Waals surface area contributed by atoms with Crippen molar-refractivity contribution in [2.45, 2.75) is 35.4 Å². The van der Waals surface area contributed by atoms with Crippen LogP contribution in [0.3, 0.4) is 0 Å². The normalized spacial score (nSPS) is 18.6. The number of thioether (sulfide) groups is 1. The fourth-order valence-electron chi connectivity index (χ4n) is 3.84. The Kier molecular flexibility index (Phi) is 5.50. The van der Waals surface area contributed by atoms with E-state index in [2.05, 4.69) is 15.5 Å². The van der Waals surface area contributed by atoms with Crippen LogP contribution in [0.5, 0.6) is 0 Å². The first-order valence-electron chi connectivity index (χ1n) is 9.50. The quantitative estimate of drug-likeness (QED) is 0.557. The summed E-state index contributed by atoms with van der Waals surface area (Å²) in [5.41, 5.74) is -2.20. The largest absolute Gasteiger partial charge is 0.418 e. The number of hydrogen-bond acceptors (Lipinski definition) is 5. The highest BCUT2D eigenvalue weighted by Crippen LogP contribution is 2.45. The van der Waals surface area contributed by atoms with Gasteiger partial charge >= 0.3 is 6.18 Å². The second-order valence-corrected chi connectivity index (χ2v) is 8.56. The van der Waals surface area contributed by atoms with Crippen molar-refractivity contribution < 1.29 is 18.3 Å². The van der Waals surface area contributed by atoms with Gasteiger partial charge < -0.3 is 10.4 Å². The van der Waals surface area contributed by atoms with E-state index in [1.807, 2.05) is 24.3 Å². The van der Waals surface area contributed by atoms with Gasteiger partial charge in [-0.25, -0.2) is 5.10 Å². The molecule has 2 atom stereocenters. The number of nitrogens with zero attached hydrogens (tertiary/aromatic N) is 1. The summed E-state index contributed by atoms with van der Waals surface area (Å²) in [7, 11) is 0. The molecule has 1 aliphatic rings. The van der Waals surface area contributed by atoms with Gasteiger partial charge in [-0.1, -0.05) is 24.3 Å². The Labute approximate surface area is 174 Å². The third kappa shape index (κ3) is 3.91. The van der Waals surface area contributed by atoms with E-state index < -0.39 is 36.2 Å². The van der Waals surface area contributed by atoms with Crippen molar-refractivity contribution in [1.29, 1.82) is 0 Å². The van der Waals surface area contributed by atoms with Crippen LogP contribution < -0.4 is 10.9 Å². The molecule has 158 valence electrons. The van der Waals surface area contributed by atoms with Crippen LogP contribution in [-0.4, -0.2) is 39.4 Å². The van der Waals surface area contributed by atoms with Gasteiger partial charge in [0.25, 0.3) is 5.56 Å². The topological polar surface area (TPSA) is 78.0 Å². The highest BCUT2D eigenvalue weighted by atomic mass is 32.2. The van der Waals surface area contributed by atoms with Gasteiger partial charge in [-0.15, -0.1) is 11.8 Å². The molecule has 9 heteroatoms. The lowest BCUT2D eigenvalue weighted by atomic mass is 9.83. The van der Waals surface area contributed by atoms with Crippen LogP contribution in [0.1, 0.15) is 24.3 Å². The van der Waals surface area contributed by atoms with Crippen LogP contribution in [-0.2, 0) is 0 Å². The van der Waals surface area contributed by atoms with Gasteiger partial charge in [0.2, 0.25) is 0 Å². The minimum atomic E-state index is -4.82. The monoisotopic (exact) mass is 435 g/mol. The first-order chi connectivity index (χ1) is 14.3. The molecule has 30 heavy (non-hydrogen) atoms. The molecule has 0 saturated carbocycles. The van der Waals surface area contributed by atoms with Gasteiger partial charge in [0.15, 0.2) is 5.60 Å². The summed E-state index contributed by atoms with van der Waals surface area (Å²) >= 11 is 1.62. The van der Waals surface area contributed by atoms with Gasteiger partial charge in [0.1, 0.15) is 0 Å². The molecule has 0 fully saturated rings. The minimum absolute atomic E-state index is 0.309. The Morgan fingerprint density at radius 2 is 1.97 bits per heavy atom. The van der Waals surface area contributed by atoms with Crippen molar-refractivity contribution in [1.82, 2.24) is 10.2 Å². The minimum Gasteiger partial charge on any atom is -0.381 e. The number of hydrogen-bond donors (Lipinski definition) is 3. The van der Waals surface area contributed by atoms with Gasteiger partial charge in [-0.3, -0.25) is 4.79 Å². The van der Waals surface area contributed by atoms with Crippen molar-refractivity contribution in [3.63, 3.8) is 0 Å². The van der Waals surface area contributed by atoms with Crippen molar-refractivity contribution in [2.24, 2.45) is 0 Å². The molecule has 4 rings (SSSR count). The van der Waals surface area contributed by atoms with Crippen LogP contribution in [0.15, 0.2) is 58.4 Å². The van der Waals surface area contributed by atoms with E-state index >= 15 is 0 Å². The first kappa shape index (κ1) is 20.7. The fraction of sp³-hybridized carbons (Fsp3) is 0.333. The average Bonchev–Trinajstić information content (AvgIpc) is 2.72. The Morgan fingerprint density at radius 3 is 2.77 bits per heavy atom. The summed E-state index contributed by atoms with van der Waals surface area (Å²) < 4.78 is 41.9. The summed E-state index contributed by atoms with van der Waals surface area (Å²) in [4.78, 5) is 12.9. The van der Waals surface area contributed by atoms with Crippen LogP contribution in [0, 0.1) is 0 Å². The summed E-state index contributed by atoms with van der Waals surface area (Å²) in [5, 5.41) is 20.2. The van der Waals surface area contributed by atoms with E-state index in [9.17, 15) is 23.1 Å². The SMILES string of the molecule is O=c1[nH]ncc2c(NCC(O)(CC3CCSc4ccccc43)C(F)(F)F)cccc12. The second-order valence-electron chi connectivity index (χ2n) is 7.42. The van der Waals surface area contributed by atoms with Crippen molar-refractivity contribution in [3.05, 3.63) is 64.6 Å². The van der Waals surface area contributed by atoms with E-state index in [0.29, 0.717) is 28.6 Å². The lowest BCUT2D eigenvalue weighted by Crippen LogP contribution is -2.51. The predicted molar refractivity (Wildman–Crippen MR) is 111 cm³/mol. The fourth-order valence-corrected chi connectivity index (χ4v) is 5.04. The maximum atomic E-state index is 14.0. The summed E-state index contributed by atoms with van der Waals surface area (Å²) in [6, 6.07) is 12.1. The third-order valence-electron chi connectivity index (χ3n) is 5.48. The molecule has 2 heterocycles. The number of fused-ring (bicyclic) bond motifs is 2. The molecule has 2 unspecified atom stereocenters. The smallest absolute Gasteiger partial charge is 0.381 e. The summed E-state index contributed by atoms with van der Waals surface area (Å²) in [5.74, 6) is 0.314. The molecule has 1 aliphatic heterocycles. The first-order valence-corrected chi connectivity index (χ1v) is 10.5. The average molecular weight is 435 g/mol. The zero-order chi connectivity index (χ0) is 21.4. The number of aromatic nitrogens is 2. The number of alkyl halides is 3. The Hall–Kier alpha value is -2.52. The van der Waals surface area contributed by atoms with Gasteiger partial charge in [-0.2, -0.15) is 18.3 Å². The van der Waals surface area contributed by atoms with Crippen LogP contribution in [0.25, 0.3) is 10.8 Å². The standard InChI is InChI=1S/C21H20F3N3O2S/c22-21(23,24)20(29,10-13-8-9-30-18-7-2-1-4-14(13)18)12-25-17-6-3-5-15-16(17)11-26-27-19(15)28/h1-7,11,13,25,29H,8-10,12H2,(H,27,28). The molecule has 0 amide bonds. The van der Waals surface area contributed by atoms with Gasteiger partial charge in [-0.05, 0) is 48.3 Å². The molecular formula is C21H20F3N3O2S. The predicted octanol–water partition coefficient (Wildman–Crippen LogP) is 4.30. The molecule has 1 aromatic heterocycles. The van der Waals surface area contributed by atoms with E-state index in [0.717, 1.165) is 10.5 Å². The highest BCUT2D eigenvalue weighted by Gasteiger charge is 2.54. The number of aromatic amines is 1. The Bertz CT molecular complexity index is 1120. The molecular weight excluding hydrogens is 415 g/mol. The molecule has 0 bridgehead atoms. The van der Waals surface area contributed by atoms with Crippen LogP contribution >= 0.6 is 11.8 Å². The number of anilines is 1. The van der Waals surface area contributed by atoms with Gasteiger partial charge in [0.05, 0.1) is 18.1 Å². The summed E-state index contributed by atoms with van der Waals surface area (Å²) in [6.45, 7) is -0.728. The lowest BCUT2D eigenvalue weighted by molar-refractivity contribution is -0.258. The Balaban J connectivity index is 1.62. The molecule has 0 radical (unpaired) electrons. The molecule has 0 spiro atoms. The molecule has 3 N–H and O–H groups in total. The van der Waals surface area contributed by atoms with Crippen LogP contribution in [0.4, 0.5) is 18.9 Å². The highest BCUT2D eigenvalue weighted by molar-refractivity contribution is 7.99. The zero-order valence-corrected chi connectivity index (χ0v) is 16.7. The number of benzene rings is 2. The van der Waals surface area contributed by atoms with Crippen LogP contribution in [0.2, 0.25) is 0 Å². The Morgan fingerprint density at radius 1 is 1.17 bits per heavy atom. The second kappa shape index (κ2) is 7.96. The number of halogens is 3. The van der Waals surface area contributed by atoms with Crippen molar-refractivity contribution in [2.75, 3.05) is 17.6 Å². The van der Waals surface area contributed by atoms with E-state index in [-0.39, 0.29) is 0 Å². The maximum absolute atomic E-state index is 14.0. The third-order valence-corrected chi connectivity index (χ3v) is 6.60. The molecule has 3 aromatic rings. The zero-order valence-electron chi connectivity index (χ0n) is 15.9. The molecule has 5 nitrogen and oxygen atoms in total. The molecule has 0 aliphatic carbocycles. The van der Waals surface area contributed by atoms with E-state index in [1.54, 1.807) is 30.0 Å². The van der Waals surface area contributed by atoms with Crippen molar-refractivity contribution >= 4 is 28.2 Å². The number of H-pyrrole nitrogens is 1. The number of rotatable bonds is 5. The molecule has 2 aromatic carbocycles. The van der Waals surface area contributed by atoms with Gasteiger partial charge in [0, 0.05) is 16.0 Å². The van der Waals surface area contributed by atoms with E-state index in [4.69, 9.17) is 0 Å². The van der Waals surface area contributed by atoms with E-state index in [1.165, 1.54) is 6.20 Å². The van der Waals surface area contributed by atoms with Crippen molar-refractivity contribution in [3.8, 4) is 0 Å². The number of nitrogens with one attached hydrogen (secondary N) is 2.